The Balaban J connectivity index is 3.54. The number of hydrogen-bond acceptors (Lipinski definition) is 2. The molecule has 0 aliphatic rings. The van der Waals surface area contributed by atoms with Crippen LogP contribution in [0.25, 0.3) is 0 Å². The fourth-order valence-electron chi connectivity index (χ4n) is 0.514. The van der Waals surface area contributed by atoms with E-state index in [-0.39, 0.29) is 5.91 Å². The summed E-state index contributed by atoms with van der Waals surface area (Å²) in [7, 11) is 0. The number of alkyl halides is 1. The van der Waals surface area contributed by atoms with Crippen LogP contribution in [0.5, 0.6) is 0 Å². The maximum Gasteiger partial charge on any atom is 0.236 e. The molecule has 0 aliphatic carbocycles. The number of halogens is 1. The van der Waals surface area contributed by atoms with Crippen molar-refractivity contribution in [3.05, 3.63) is 0 Å². The van der Waals surface area contributed by atoms with E-state index in [1.54, 1.807) is 0 Å². The van der Waals surface area contributed by atoms with Gasteiger partial charge in [0.1, 0.15) is 0 Å². The van der Waals surface area contributed by atoms with Gasteiger partial charge in [-0.25, -0.2) is 0 Å². The second-order valence-corrected chi connectivity index (χ2v) is 4.85. The average Bonchev–Trinajstić information content (AvgIpc) is 1.86. The number of nitrogens with two attached hydrogens (primary N) is 1. The van der Waals surface area contributed by atoms with Crippen molar-refractivity contribution in [2.75, 3.05) is 13.1 Å². The number of nitrogens with one attached hydrogen (secondary N) is 1. The van der Waals surface area contributed by atoms with E-state index in [0.29, 0.717) is 13.1 Å². The molecule has 3 N–H and O–H groups in total. The Kier molecular flexibility index (Phi) is 4.68. The summed E-state index contributed by atoms with van der Waals surface area (Å²) in [6.45, 7) is 4.89. The summed E-state index contributed by atoms with van der Waals surface area (Å²) in [6.07, 6.45) is 0.828. The molecular formula is C7H15BrN2O. The van der Waals surface area contributed by atoms with Crippen LogP contribution in [0.15, 0.2) is 0 Å². The number of rotatable bonds is 4. The zero-order valence-electron chi connectivity index (χ0n) is 6.98. The molecule has 0 radical (unpaired) electrons. The van der Waals surface area contributed by atoms with Crippen LogP contribution in [0, 0.1) is 0 Å². The fraction of sp³-hybridized carbons (Fsp3) is 0.857. The van der Waals surface area contributed by atoms with Gasteiger partial charge in [0.05, 0.1) is 4.32 Å². The van der Waals surface area contributed by atoms with E-state index in [0.717, 1.165) is 6.42 Å². The fourth-order valence-corrected chi connectivity index (χ4v) is 0.654. The molecular weight excluding hydrogens is 208 g/mol. The Hall–Kier alpha value is -0.0900. The van der Waals surface area contributed by atoms with E-state index in [9.17, 15) is 4.79 Å². The van der Waals surface area contributed by atoms with Gasteiger partial charge in [0.15, 0.2) is 0 Å². The Morgan fingerprint density at radius 2 is 2.18 bits per heavy atom. The molecule has 0 saturated heterocycles. The normalized spacial score (nSPS) is 11.3. The van der Waals surface area contributed by atoms with Crippen LogP contribution in [0.2, 0.25) is 0 Å². The van der Waals surface area contributed by atoms with Gasteiger partial charge in [-0.3, -0.25) is 4.79 Å². The van der Waals surface area contributed by atoms with Crippen LogP contribution in [0.4, 0.5) is 0 Å². The Morgan fingerprint density at radius 1 is 1.64 bits per heavy atom. The standard InChI is InChI=1S/C7H15BrN2O/c1-7(2,8)6(11)10-5-3-4-9/h3-5,9H2,1-2H3,(H,10,11). The van der Waals surface area contributed by atoms with Crippen molar-refractivity contribution < 1.29 is 4.79 Å². The lowest BCUT2D eigenvalue weighted by Crippen LogP contribution is -2.38. The predicted octanol–water partition coefficient (Wildman–Crippen LogP) is 0.625. The minimum Gasteiger partial charge on any atom is -0.355 e. The summed E-state index contributed by atoms with van der Waals surface area (Å²) >= 11 is 3.25. The van der Waals surface area contributed by atoms with E-state index >= 15 is 0 Å². The Labute approximate surface area is 75.8 Å². The highest BCUT2D eigenvalue weighted by Crippen LogP contribution is 2.14. The van der Waals surface area contributed by atoms with E-state index in [2.05, 4.69) is 21.2 Å². The monoisotopic (exact) mass is 222 g/mol. The minimum atomic E-state index is -0.471. The summed E-state index contributed by atoms with van der Waals surface area (Å²) in [5.41, 5.74) is 5.26. The molecule has 0 aromatic heterocycles. The van der Waals surface area contributed by atoms with E-state index in [4.69, 9.17) is 5.73 Å². The SMILES string of the molecule is CC(C)(Br)C(=O)NCCCN. The van der Waals surface area contributed by atoms with Gasteiger partial charge in [-0.1, -0.05) is 15.9 Å². The molecule has 4 heteroatoms. The lowest BCUT2D eigenvalue weighted by atomic mass is 10.2. The van der Waals surface area contributed by atoms with Crippen molar-refractivity contribution in [2.45, 2.75) is 24.6 Å². The molecule has 3 nitrogen and oxygen atoms in total. The molecule has 0 rings (SSSR count). The third-order valence-electron chi connectivity index (χ3n) is 1.21. The van der Waals surface area contributed by atoms with Gasteiger partial charge in [-0.2, -0.15) is 0 Å². The number of amides is 1. The molecule has 0 spiro atoms. The van der Waals surface area contributed by atoms with Crippen LogP contribution in [0.3, 0.4) is 0 Å². The first-order valence-electron chi connectivity index (χ1n) is 3.65. The van der Waals surface area contributed by atoms with Crippen molar-refractivity contribution in [1.82, 2.24) is 5.32 Å². The van der Waals surface area contributed by atoms with Gasteiger partial charge in [0.25, 0.3) is 0 Å². The third-order valence-corrected chi connectivity index (χ3v) is 1.57. The minimum absolute atomic E-state index is 0.00551. The number of carbonyl (C=O) groups is 1. The Morgan fingerprint density at radius 3 is 2.55 bits per heavy atom. The predicted molar refractivity (Wildman–Crippen MR) is 49.7 cm³/mol. The molecule has 0 aliphatic heterocycles. The first-order chi connectivity index (χ1) is 4.98. The molecule has 0 saturated carbocycles. The van der Waals surface area contributed by atoms with Gasteiger partial charge in [0, 0.05) is 6.54 Å². The van der Waals surface area contributed by atoms with Crippen molar-refractivity contribution >= 4 is 21.8 Å². The van der Waals surface area contributed by atoms with Gasteiger partial charge >= 0.3 is 0 Å². The first kappa shape index (κ1) is 10.9. The number of carbonyl (C=O) groups excluding carboxylic acids is 1. The number of hydrogen-bond donors (Lipinski definition) is 2. The third kappa shape index (κ3) is 5.21. The maximum atomic E-state index is 11.1. The molecule has 66 valence electrons. The van der Waals surface area contributed by atoms with Crippen molar-refractivity contribution in [3.63, 3.8) is 0 Å². The highest BCUT2D eigenvalue weighted by Gasteiger charge is 2.22. The second-order valence-electron chi connectivity index (χ2n) is 2.87. The molecule has 0 atom stereocenters. The molecule has 0 unspecified atom stereocenters. The smallest absolute Gasteiger partial charge is 0.236 e. The van der Waals surface area contributed by atoms with Crippen LogP contribution < -0.4 is 11.1 Å². The topological polar surface area (TPSA) is 55.1 Å². The maximum absolute atomic E-state index is 11.1. The molecule has 1 amide bonds. The zero-order chi connectivity index (χ0) is 8.91. The molecule has 11 heavy (non-hydrogen) atoms. The lowest BCUT2D eigenvalue weighted by Gasteiger charge is -2.15. The molecule has 0 heterocycles. The average molecular weight is 223 g/mol. The summed E-state index contributed by atoms with van der Waals surface area (Å²) < 4.78 is -0.471. The van der Waals surface area contributed by atoms with Gasteiger partial charge in [0.2, 0.25) is 5.91 Å². The van der Waals surface area contributed by atoms with Crippen LogP contribution >= 0.6 is 15.9 Å². The molecule has 0 fully saturated rings. The summed E-state index contributed by atoms with van der Waals surface area (Å²) in [4.78, 5) is 11.1. The molecule has 0 bridgehead atoms. The zero-order valence-corrected chi connectivity index (χ0v) is 8.57. The van der Waals surface area contributed by atoms with Crippen LogP contribution in [-0.2, 0) is 4.79 Å². The molecule has 0 aromatic rings. The van der Waals surface area contributed by atoms with Crippen molar-refractivity contribution in [1.29, 1.82) is 0 Å². The Bertz CT molecular complexity index is 131. The van der Waals surface area contributed by atoms with E-state index in [1.165, 1.54) is 0 Å². The summed E-state index contributed by atoms with van der Waals surface area (Å²) in [5.74, 6) is 0.00551. The largest absolute Gasteiger partial charge is 0.355 e. The van der Waals surface area contributed by atoms with E-state index < -0.39 is 4.32 Å². The van der Waals surface area contributed by atoms with Gasteiger partial charge in [-0.05, 0) is 26.8 Å². The highest BCUT2D eigenvalue weighted by molar-refractivity contribution is 9.10. The summed E-state index contributed by atoms with van der Waals surface area (Å²) in [6, 6.07) is 0. The van der Waals surface area contributed by atoms with Crippen molar-refractivity contribution in [2.24, 2.45) is 5.73 Å². The highest BCUT2D eigenvalue weighted by atomic mass is 79.9. The van der Waals surface area contributed by atoms with E-state index in [1.807, 2.05) is 13.8 Å². The quantitative estimate of drug-likeness (QED) is 0.542. The van der Waals surface area contributed by atoms with Crippen LogP contribution in [-0.4, -0.2) is 23.3 Å². The summed E-state index contributed by atoms with van der Waals surface area (Å²) in [5, 5.41) is 2.76. The van der Waals surface area contributed by atoms with Crippen molar-refractivity contribution in [3.8, 4) is 0 Å². The molecule has 0 aromatic carbocycles. The second kappa shape index (κ2) is 4.72. The van der Waals surface area contributed by atoms with Gasteiger partial charge in [-0.15, -0.1) is 0 Å². The van der Waals surface area contributed by atoms with Gasteiger partial charge < -0.3 is 11.1 Å². The first-order valence-corrected chi connectivity index (χ1v) is 4.45. The van der Waals surface area contributed by atoms with Crippen LogP contribution in [0.1, 0.15) is 20.3 Å². The lowest BCUT2D eigenvalue weighted by molar-refractivity contribution is -0.122.